The van der Waals surface area contributed by atoms with E-state index in [1.54, 1.807) is 0 Å². The summed E-state index contributed by atoms with van der Waals surface area (Å²) >= 11 is 0. The lowest BCUT2D eigenvalue weighted by Crippen LogP contribution is -2.43. The van der Waals surface area contributed by atoms with Gasteiger partial charge < -0.3 is 4.74 Å². The van der Waals surface area contributed by atoms with E-state index in [0.29, 0.717) is 0 Å². The van der Waals surface area contributed by atoms with Gasteiger partial charge in [0.15, 0.2) is 0 Å². The minimum Gasteiger partial charge on any atom is -0.379 e. The minimum atomic E-state index is -0.0278. The molecular formula is C14H18N2O. The Labute approximate surface area is 103 Å². The predicted octanol–water partition coefficient (Wildman–Crippen LogP) is 1.76. The third kappa shape index (κ3) is 3.06. The van der Waals surface area contributed by atoms with Gasteiger partial charge in [-0.2, -0.15) is 5.26 Å². The highest BCUT2D eigenvalue weighted by Crippen LogP contribution is 2.14. The summed E-state index contributed by atoms with van der Waals surface area (Å²) in [7, 11) is 0. The highest BCUT2D eigenvalue weighted by Gasteiger charge is 2.21. The summed E-state index contributed by atoms with van der Waals surface area (Å²) in [5.74, 6) is 0. The number of ether oxygens (including phenoxy) is 1. The number of morpholine rings is 1. The van der Waals surface area contributed by atoms with Gasteiger partial charge >= 0.3 is 0 Å². The molecule has 1 fully saturated rings. The van der Waals surface area contributed by atoms with Crippen LogP contribution in [0.15, 0.2) is 24.3 Å². The van der Waals surface area contributed by atoms with Gasteiger partial charge in [0.25, 0.3) is 0 Å². The Bertz CT molecular complexity index is 405. The lowest BCUT2D eigenvalue weighted by molar-refractivity contribution is 0.0270. The first-order valence-electron chi connectivity index (χ1n) is 6.07. The fraction of sp³-hybridized carbons (Fsp3) is 0.500. The van der Waals surface area contributed by atoms with Gasteiger partial charge in [-0.15, -0.1) is 0 Å². The summed E-state index contributed by atoms with van der Waals surface area (Å²) in [6.45, 7) is 5.31. The van der Waals surface area contributed by atoms with Crippen molar-refractivity contribution in [2.75, 3.05) is 26.3 Å². The largest absolute Gasteiger partial charge is 0.379 e. The van der Waals surface area contributed by atoms with E-state index in [0.717, 1.165) is 32.7 Å². The molecule has 1 aromatic carbocycles. The van der Waals surface area contributed by atoms with E-state index < -0.39 is 0 Å². The Morgan fingerprint density at radius 3 is 2.71 bits per heavy atom. The maximum absolute atomic E-state index is 9.30. The second kappa shape index (κ2) is 5.81. The van der Waals surface area contributed by atoms with E-state index in [4.69, 9.17) is 4.74 Å². The monoisotopic (exact) mass is 230 g/mol. The van der Waals surface area contributed by atoms with Gasteiger partial charge in [0, 0.05) is 19.5 Å². The Morgan fingerprint density at radius 2 is 2.06 bits per heavy atom. The molecule has 0 amide bonds. The molecule has 0 aromatic heterocycles. The molecule has 3 nitrogen and oxygen atoms in total. The van der Waals surface area contributed by atoms with Crippen LogP contribution in [0.5, 0.6) is 0 Å². The van der Waals surface area contributed by atoms with Crippen LogP contribution in [0.3, 0.4) is 0 Å². The second-order valence-corrected chi connectivity index (χ2v) is 4.42. The van der Waals surface area contributed by atoms with Crippen molar-refractivity contribution in [1.29, 1.82) is 5.26 Å². The van der Waals surface area contributed by atoms with Gasteiger partial charge in [-0.3, -0.25) is 4.90 Å². The quantitative estimate of drug-likeness (QED) is 0.794. The van der Waals surface area contributed by atoms with Gasteiger partial charge in [-0.1, -0.05) is 24.3 Å². The molecule has 0 spiro atoms. The van der Waals surface area contributed by atoms with Crippen molar-refractivity contribution in [2.45, 2.75) is 19.4 Å². The molecule has 0 bridgehead atoms. The van der Waals surface area contributed by atoms with Crippen molar-refractivity contribution in [3.05, 3.63) is 35.4 Å². The van der Waals surface area contributed by atoms with Gasteiger partial charge in [-0.25, -0.2) is 0 Å². The van der Waals surface area contributed by atoms with Crippen LogP contribution in [-0.4, -0.2) is 37.2 Å². The Morgan fingerprint density at radius 1 is 1.35 bits per heavy atom. The normalized spacial score (nSPS) is 18.6. The first-order valence-corrected chi connectivity index (χ1v) is 6.07. The van der Waals surface area contributed by atoms with E-state index in [-0.39, 0.29) is 6.04 Å². The zero-order valence-corrected chi connectivity index (χ0v) is 10.2. The van der Waals surface area contributed by atoms with Crippen molar-refractivity contribution in [2.24, 2.45) is 0 Å². The zero-order chi connectivity index (χ0) is 12.1. The predicted molar refractivity (Wildman–Crippen MR) is 66.7 cm³/mol. The molecule has 1 atom stereocenters. The summed E-state index contributed by atoms with van der Waals surface area (Å²) in [5.41, 5.74) is 2.53. The van der Waals surface area contributed by atoms with Crippen LogP contribution in [0, 0.1) is 18.3 Å². The number of hydrogen-bond donors (Lipinski definition) is 0. The molecule has 2 rings (SSSR count). The number of rotatable bonds is 3. The number of nitrogens with zero attached hydrogens (tertiary/aromatic N) is 2. The Kier molecular flexibility index (Phi) is 4.13. The molecule has 0 aliphatic carbocycles. The van der Waals surface area contributed by atoms with E-state index in [1.807, 2.05) is 12.1 Å². The molecule has 3 heteroatoms. The van der Waals surface area contributed by atoms with Crippen molar-refractivity contribution >= 4 is 0 Å². The molecule has 17 heavy (non-hydrogen) atoms. The highest BCUT2D eigenvalue weighted by molar-refractivity contribution is 5.27. The van der Waals surface area contributed by atoms with Crippen molar-refractivity contribution in [1.82, 2.24) is 4.90 Å². The first-order chi connectivity index (χ1) is 8.31. The van der Waals surface area contributed by atoms with Gasteiger partial charge in [0.1, 0.15) is 6.04 Å². The van der Waals surface area contributed by atoms with Crippen LogP contribution < -0.4 is 0 Å². The van der Waals surface area contributed by atoms with Crippen LogP contribution in [0.4, 0.5) is 0 Å². The molecule has 90 valence electrons. The Hall–Kier alpha value is -1.37. The summed E-state index contributed by atoms with van der Waals surface area (Å²) in [6, 6.07) is 10.7. The highest BCUT2D eigenvalue weighted by atomic mass is 16.5. The lowest BCUT2D eigenvalue weighted by atomic mass is 10.0. The number of nitriles is 1. The molecular weight excluding hydrogens is 212 g/mol. The van der Waals surface area contributed by atoms with Crippen LogP contribution in [0.2, 0.25) is 0 Å². The van der Waals surface area contributed by atoms with Crippen molar-refractivity contribution in [3.8, 4) is 6.07 Å². The summed E-state index contributed by atoms with van der Waals surface area (Å²) in [4.78, 5) is 2.22. The maximum atomic E-state index is 9.30. The van der Waals surface area contributed by atoms with Gasteiger partial charge in [-0.05, 0) is 18.1 Å². The van der Waals surface area contributed by atoms with Gasteiger partial charge in [0.2, 0.25) is 0 Å². The third-order valence-electron chi connectivity index (χ3n) is 3.31. The molecule has 1 aromatic rings. The topological polar surface area (TPSA) is 36.3 Å². The summed E-state index contributed by atoms with van der Waals surface area (Å²) < 4.78 is 5.32. The van der Waals surface area contributed by atoms with Crippen LogP contribution in [0.1, 0.15) is 11.1 Å². The van der Waals surface area contributed by atoms with Crippen LogP contribution in [-0.2, 0) is 11.2 Å². The lowest BCUT2D eigenvalue weighted by Gasteiger charge is -2.30. The molecule has 0 radical (unpaired) electrons. The molecule has 0 saturated carbocycles. The smallest absolute Gasteiger partial charge is 0.102 e. The molecule has 1 aliphatic heterocycles. The van der Waals surface area contributed by atoms with Gasteiger partial charge in [0.05, 0.1) is 19.3 Å². The molecule has 0 N–H and O–H groups in total. The van der Waals surface area contributed by atoms with E-state index in [2.05, 4.69) is 30.0 Å². The number of benzene rings is 1. The fourth-order valence-corrected chi connectivity index (χ4v) is 2.19. The standard InChI is InChI=1S/C14H18N2O/c1-12-4-2-3-5-13(12)10-14(11-15)16-6-8-17-9-7-16/h2-5,14H,6-10H2,1H3. The van der Waals surface area contributed by atoms with Crippen molar-refractivity contribution in [3.63, 3.8) is 0 Å². The van der Waals surface area contributed by atoms with Crippen molar-refractivity contribution < 1.29 is 4.74 Å². The zero-order valence-electron chi connectivity index (χ0n) is 10.2. The van der Waals surface area contributed by atoms with E-state index in [9.17, 15) is 5.26 Å². The van der Waals surface area contributed by atoms with Crippen LogP contribution >= 0.6 is 0 Å². The van der Waals surface area contributed by atoms with Crippen LogP contribution in [0.25, 0.3) is 0 Å². The number of aryl methyl sites for hydroxylation is 1. The van der Waals surface area contributed by atoms with E-state index in [1.165, 1.54) is 11.1 Å². The molecule has 1 saturated heterocycles. The number of hydrogen-bond acceptors (Lipinski definition) is 3. The third-order valence-corrected chi connectivity index (χ3v) is 3.31. The molecule has 1 aliphatic rings. The maximum Gasteiger partial charge on any atom is 0.102 e. The summed E-state index contributed by atoms with van der Waals surface area (Å²) in [6.07, 6.45) is 0.809. The SMILES string of the molecule is Cc1ccccc1CC(C#N)N1CCOCC1. The minimum absolute atomic E-state index is 0.0278. The second-order valence-electron chi connectivity index (χ2n) is 4.42. The summed E-state index contributed by atoms with van der Waals surface area (Å²) in [5, 5.41) is 9.30. The first kappa shape index (κ1) is 12.1. The average Bonchev–Trinajstić information content (AvgIpc) is 2.39. The molecule has 1 heterocycles. The molecule has 1 unspecified atom stereocenters. The average molecular weight is 230 g/mol. The van der Waals surface area contributed by atoms with E-state index >= 15 is 0 Å². The Balaban J connectivity index is 2.05. The fourth-order valence-electron chi connectivity index (χ4n) is 2.19.